The molecule has 0 saturated heterocycles. The summed E-state index contributed by atoms with van der Waals surface area (Å²) in [5.41, 5.74) is 2.52. The van der Waals surface area contributed by atoms with Crippen LogP contribution in [0.5, 0.6) is 0 Å². The van der Waals surface area contributed by atoms with Gasteiger partial charge in [0.1, 0.15) is 5.01 Å². The lowest BCUT2D eigenvalue weighted by Crippen LogP contribution is -2.10. The van der Waals surface area contributed by atoms with Crippen LogP contribution in [0.15, 0.2) is 73.1 Å². The van der Waals surface area contributed by atoms with Gasteiger partial charge in [-0.25, -0.2) is 4.68 Å². The zero-order valence-electron chi connectivity index (χ0n) is 13.7. The van der Waals surface area contributed by atoms with Crippen LogP contribution in [0.2, 0.25) is 0 Å². The number of hydrogen-bond donors (Lipinski definition) is 1. The van der Waals surface area contributed by atoms with Crippen molar-refractivity contribution >= 4 is 22.4 Å². The van der Waals surface area contributed by atoms with Crippen molar-refractivity contribution in [1.29, 1.82) is 0 Å². The van der Waals surface area contributed by atoms with Crippen molar-refractivity contribution in [3.8, 4) is 5.69 Å². The molecule has 4 rings (SSSR count). The van der Waals surface area contributed by atoms with Gasteiger partial charge in [0.05, 0.1) is 17.4 Å². The standard InChI is InChI=1S/C19H15N5OS/c25-18(15-12-20-24(13-15)16-9-5-2-6-10-16)21-19-23-22-17(26-19)11-14-7-3-1-4-8-14/h1-10,12-13H,11H2,(H,21,23,25). The van der Waals surface area contributed by atoms with Crippen molar-refractivity contribution in [2.24, 2.45) is 0 Å². The van der Waals surface area contributed by atoms with Crippen LogP contribution < -0.4 is 5.32 Å². The molecule has 0 unspecified atom stereocenters. The molecule has 2 heterocycles. The fourth-order valence-corrected chi connectivity index (χ4v) is 3.25. The molecule has 0 aliphatic carbocycles. The number of benzene rings is 2. The Kier molecular flexibility index (Phi) is 4.53. The van der Waals surface area contributed by atoms with Crippen LogP contribution >= 0.6 is 11.3 Å². The number of carbonyl (C=O) groups excluding carboxylic acids is 1. The number of carbonyl (C=O) groups is 1. The lowest BCUT2D eigenvalue weighted by atomic mass is 10.2. The van der Waals surface area contributed by atoms with Crippen LogP contribution in [0.4, 0.5) is 5.13 Å². The zero-order chi connectivity index (χ0) is 17.8. The highest BCUT2D eigenvalue weighted by Crippen LogP contribution is 2.19. The minimum absolute atomic E-state index is 0.255. The Balaban J connectivity index is 1.43. The van der Waals surface area contributed by atoms with E-state index in [1.807, 2.05) is 60.7 Å². The van der Waals surface area contributed by atoms with E-state index in [0.717, 1.165) is 16.3 Å². The van der Waals surface area contributed by atoms with E-state index in [1.54, 1.807) is 10.9 Å². The van der Waals surface area contributed by atoms with Gasteiger partial charge >= 0.3 is 0 Å². The number of rotatable bonds is 5. The summed E-state index contributed by atoms with van der Waals surface area (Å²) in [6.45, 7) is 0. The Labute approximate surface area is 154 Å². The lowest BCUT2D eigenvalue weighted by molar-refractivity contribution is 0.102. The van der Waals surface area contributed by atoms with E-state index in [2.05, 4.69) is 20.6 Å². The first kappa shape index (κ1) is 16.2. The van der Waals surface area contributed by atoms with Gasteiger partial charge in [-0.05, 0) is 17.7 Å². The van der Waals surface area contributed by atoms with Gasteiger partial charge in [-0.2, -0.15) is 5.10 Å². The van der Waals surface area contributed by atoms with Gasteiger partial charge in [0.25, 0.3) is 5.91 Å². The number of nitrogens with one attached hydrogen (secondary N) is 1. The molecule has 0 bridgehead atoms. The number of nitrogens with zero attached hydrogens (tertiary/aromatic N) is 4. The summed E-state index contributed by atoms with van der Waals surface area (Å²) in [5, 5.41) is 16.5. The molecule has 128 valence electrons. The average Bonchev–Trinajstić information content (AvgIpc) is 3.33. The van der Waals surface area contributed by atoms with E-state index < -0.39 is 0 Å². The molecule has 0 fully saturated rings. The second-order valence-corrected chi connectivity index (χ2v) is 6.69. The predicted molar refractivity (Wildman–Crippen MR) is 101 cm³/mol. The SMILES string of the molecule is O=C(Nc1nnc(Cc2ccccc2)s1)c1cnn(-c2ccccc2)c1. The smallest absolute Gasteiger partial charge is 0.260 e. The molecule has 26 heavy (non-hydrogen) atoms. The van der Waals surface area contributed by atoms with Gasteiger partial charge in [0.15, 0.2) is 0 Å². The summed E-state index contributed by atoms with van der Waals surface area (Å²) in [7, 11) is 0. The van der Waals surface area contributed by atoms with Crippen LogP contribution in [0.3, 0.4) is 0 Å². The molecule has 2 aromatic heterocycles. The minimum Gasteiger partial charge on any atom is -0.296 e. The van der Waals surface area contributed by atoms with Gasteiger partial charge in [0.2, 0.25) is 5.13 Å². The first-order chi connectivity index (χ1) is 12.8. The highest BCUT2D eigenvalue weighted by Gasteiger charge is 2.13. The average molecular weight is 361 g/mol. The fraction of sp³-hybridized carbons (Fsp3) is 0.0526. The molecular formula is C19H15N5OS. The summed E-state index contributed by atoms with van der Waals surface area (Å²) >= 11 is 1.37. The summed E-state index contributed by atoms with van der Waals surface area (Å²) in [6.07, 6.45) is 3.92. The lowest BCUT2D eigenvalue weighted by Gasteiger charge is -1.99. The second-order valence-electron chi connectivity index (χ2n) is 5.63. The molecular weight excluding hydrogens is 346 g/mol. The van der Waals surface area contributed by atoms with E-state index in [-0.39, 0.29) is 5.91 Å². The maximum atomic E-state index is 12.4. The van der Waals surface area contributed by atoms with Crippen LogP contribution in [-0.4, -0.2) is 25.9 Å². The number of para-hydroxylation sites is 1. The molecule has 0 saturated carbocycles. The first-order valence-electron chi connectivity index (χ1n) is 8.06. The number of amides is 1. The van der Waals surface area contributed by atoms with Crippen LogP contribution in [-0.2, 0) is 6.42 Å². The normalized spacial score (nSPS) is 10.6. The predicted octanol–water partition coefficient (Wildman–Crippen LogP) is 3.57. The third-order valence-electron chi connectivity index (χ3n) is 3.75. The Bertz CT molecular complexity index is 1010. The van der Waals surface area contributed by atoms with Gasteiger partial charge in [-0.15, -0.1) is 10.2 Å². The number of hydrogen-bond acceptors (Lipinski definition) is 5. The van der Waals surface area contributed by atoms with Crippen LogP contribution in [0.1, 0.15) is 20.9 Å². The maximum Gasteiger partial charge on any atom is 0.260 e. The number of aromatic nitrogens is 4. The molecule has 0 radical (unpaired) electrons. The molecule has 0 aliphatic heterocycles. The van der Waals surface area contributed by atoms with E-state index >= 15 is 0 Å². The third kappa shape index (κ3) is 3.68. The zero-order valence-corrected chi connectivity index (χ0v) is 14.6. The second kappa shape index (κ2) is 7.28. The van der Waals surface area contributed by atoms with Crippen LogP contribution in [0.25, 0.3) is 5.69 Å². The molecule has 4 aromatic rings. The monoisotopic (exact) mass is 361 g/mol. The quantitative estimate of drug-likeness (QED) is 0.590. The summed E-state index contributed by atoms with van der Waals surface area (Å²) in [4.78, 5) is 12.4. The van der Waals surface area contributed by atoms with Crippen molar-refractivity contribution in [3.63, 3.8) is 0 Å². The van der Waals surface area contributed by atoms with E-state index in [1.165, 1.54) is 17.5 Å². The summed E-state index contributed by atoms with van der Waals surface area (Å²) < 4.78 is 1.66. The summed E-state index contributed by atoms with van der Waals surface area (Å²) in [6, 6.07) is 19.7. The molecule has 1 amide bonds. The van der Waals surface area contributed by atoms with E-state index in [4.69, 9.17) is 0 Å². The molecule has 0 atom stereocenters. The van der Waals surface area contributed by atoms with E-state index in [9.17, 15) is 4.79 Å². The van der Waals surface area contributed by atoms with Crippen molar-refractivity contribution in [3.05, 3.63) is 89.2 Å². The molecule has 7 heteroatoms. The molecule has 0 spiro atoms. The van der Waals surface area contributed by atoms with Crippen LogP contribution in [0, 0.1) is 0 Å². The molecule has 1 N–H and O–H groups in total. The summed E-state index contributed by atoms with van der Waals surface area (Å²) in [5.74, 6) is -0.255. The Morgan fingerprint density at radius 3 is 2.50 bits per heavy atom. The van der Waals surface area contributed by atoms with Gasteiger partial charge in [0, 0.05) is 12.6 Å². The van der Waals surface area contributed by atoms with E-state index in [0.29, 0.717) is 17.1 Å². The maximum absolute atomic E-state index is 12.4. The van der Waals surface area contributed by atoms with Crippen molar-refractivity contribution < 1.29 is 4.79 Å². The first-order valence-corrected chi connectivity index (χ1v) is 8.87. The highest BCUT2D eigenvalue weighted by molar-refractivity contribution is 7.15. The van der Waals surface area contributed by atoms with Crippen molar-refractivity contribution in [2.45, 2.75) is 6.42 Å². The molecule has 6 nitrogen and oxygen atoms in total. The molecule has 2 aromatic carbocycles. The topological polar surface area (TPSA) is 72.7 Å². The minimum atomic E-state index is -0.255. The third-order valence-corrected chi connectivity index (χ3v) is 4.59. The Morgan fingerprint density at radius 1 is 1.00 bits per heavy atom. The van der Waals surface area contributed by atoms with Gasteiger partial charge in [-0.3, -0.25) is 10.1 Å². The highest BCUT2D eigenvalue weighted by atomic mass is 32.1. The number of anilines is 1. The van der Waals surface area contributed by atoms with Crippen molar-refractivity contribution in [1.82, 2.24) is 20.0 Å². The molecule has 0 aliphatic rings. The van der Waals surface area contributed by atoms with Gasteiger partial charge in [-0.1, -0.05) is 59.9 Å². The Hall–Kier alpha value is -3.32. The fourth-order valence-electron chi connectivity index (χ4n) is 2.48. The van der Waals surface area contributed by atoms with Crippen molar-refractivity contribution in [2.75, 3.05) is 5.32 Å². The largest absolute Gasteiger partial charge is 0.296 e. The van der Waals surface area contributed by atoms with Gasteiger partial charge < -0.3 is 0 Å². The Morgan fingerprint density at radius 2 is 1.73 bits per heavy atom.